The summed E-state index contributed by atoms with van der Waals surface area (Å²) < 4.78 is 4.74. The van der Waals surface area contributed by atoms with Crippen LogP contribution in [0.4, 0.5) is 5.13 Å². The minimum Gasteiger partial charge on any atom is -0.465 e. The van der Waals surface area contributed by atoms with E-state index in [1.165, 1.54) is 63.4 Å². The van der Waals surface area contributed by atoms with E-state index in [1.807, 2.05) is 0 Å². The lowest BCUT2D eigenvalue weighted by Gasteiger charge is -2.44. The Morgan fingerprint density at radius 3 is 2.60 bits per heavy atom. The molecule has 0 radical (unpaired) electrons. The minimum atomic E-state index is -0.283. The third-order valence-electron chi connectivity index (χ3n) is 4.89. The molecule has 110 valence electrons. The number of rotatable bonds is 2. The number of aromatic nitrogens is 1. The topological polar surface area (TPSA) is 42.4 Å². The highest BCUT2D eigenvalue weighted by Gasteiger charge is 2.36. The number of ether oxygens (including phenoxy) is 1. The van der Waals surface area contributed by atoms with Gasteiger partial charge in [0.2, 0.25) is 0 Å². The number of thiazole rings is 1. The number of esters is 1. The first kappa shape index (κ1) is 13.9. The van der Waals surface area contributed by atoms with Crippen LogP contribution in [0.2, 0.25) is 0 Å². The Kier molecular flexibility index (Phi) is 3.96. The van der Waals surface area contributed by atoms with Crippen LogP contribution in [-0.4, -0.2) is 31.2 Å². The van der Waals surface area contributed by atoms with E-state index in [0.717, 1.165) is 18.2 Å². The summed E-state index contributed by atoms with van der Waals surface area (Å²) in [5, 5.41) is 0.969. The van der Waals surface area contributed by atoms with Crippen LogP contribution >= 0.6 is 11.3 Å². The van der Waals surface area contributed by atoms with Gasteiger partial charge in [-0.1, -0.05) is 30.6 Å². The second-order valence-corrected chi connectivity index (χ2v) is 7.06. The Balaban J connectivity index is 1.63. The van der Waals surface area contributed by atoms with Crippen molar-refractivity contribution in [3.05, 3.63) is 11.1 Å². The molecule has 1 aromatic heterocycles. The molecule has 1 aromatic rings. The molecule has 0 unspecified atom stereocenters. The van der Waals surface area contributed by atoms with Crippen LogP contribution in [0.5, 0.6) is 0 Å². The van der Waals surface area contributed by atoms with Crippen molar-refractivity contribution in [1.29, 1.82) is 0 Å². The van der Waals surface area contributed by atoms with E-state index < -0.39 is 0 Å². The maximum Gasteiger partial charge on any atom is 0.349 e. The zero-order chi connectivity index (χ0) is 14.0. The zero-order valence-electron chi connectivity index (χ0n) is 12.1. The monoisotopic (exact) mass is 294 g/mol. The molecule has 3 rings (SSSR count). The van der Waals surface area contributed by atoms with E-state index in [0.29, 0.717) is 10.3 Å². The molecule has 1 spiro atoms. The highest BCUT2D eigenvalue weighted by atomic mass is 32.1. The fourth-order valence-electron chi connectivity index (χ4n) is 3.58. The predicted octanol–water partition coefficient (Wildman–Crippen LogP) is 3.48. The lowest BCUT2D eigenvalue weighted by atomic mass is 9.68. The van der Waals surface area contributed by atoms with Gasteiger partial charge in [0.25, 0.3) is 0 Å². The van der Waals surface area contributed by atoms with Crippen LogP contribution in [0.1, 0.15) is 54.6 Å². The largest absolute Gasteiger partial charge is 0.465 e. The van der Waals surface area contributed by atoms with Crippen LogP contribution in [0.25, 0.3) is 0 Å². The predicted molar refractivity (Wildman–Crippen MR) is 80.4 cm³/mol. The van der Waals surface area contributed by atoms with Gasteiger partial charge in [-0.25, -0.2) is 9.78 Å². The van der Waals surface area contributed by atoms with Crippen LogP contribution < -0.4 is 4.90 Å². The van der Waals surface area contributed by atoms with E-state index in [2.05, 4.69) is 9.88 Å². The molecular weight excluding hydrogens is 272 g/mol. The lowest BCUT2D eigenvalue weighted by molar-refractivity contribution is 0.0606. The normalized spacial score (nSPS) is 21.9. The van der Waals surface area contributed by atoms with E-state index in [-0.39, 0.29) is 5.97 Å². The van der Waals surface area contributed by atoms with Crippen LogP contribution in [0, 0.1) is 5.41 Å². The van der Waals surface area contributed by atoms with Crippen molar-refractivity contribution in [2.45, 2.75) is 44.9 Å². The molecule has 2 heterocycles. The molecule has 0 amide bonds. The van der Waals surface area contributed by atoms with Gasteiger partial charge in [0, 0.05) is 13.1 Å². The summed E-state index contributed by atoms with van der Waals surface area (Å²) in [4.78, 5) is 18.8. The second-order valence-electron chi connectivity index (χ2n) is 6.05. The Labute approximate surface area is 124 Å². The average Bonchev–Trinajstić information content (AvgIpc) is 2.98. The van der Waals surface area contributed by atoms with E-state index in [1.54, 1.807) is 6.20 Å². The zero-order valence-corrected chi connectivity index (χ0v) is 12.9. The number of anilines is 1. The first-order valence-electron chi connectivity index (χ1n) is 7.52. The number of hydrogen-bond acceptors (Lipinski definition) is 5. The second kappa shape index (κ2) is 5.72. The van der Waals surface area contributed by atoms with Crippen molar-refractivity contribution < 1.29 is 9.53 Å². The molecular formula is C15H22N2O2S. The number of carbonyl (C=O) groups excluding carboxylic acids is 1. The fourth-order valence-corrected chi connectivity index (χ4v) is 4.47. The van der Waals surface area contributed by atoms with E-state index >= 15 is 0 Å². The van der Waals surface area contributed by atoms with Crippen LogP contribution in [0.3, 0.4) is 0 Å². The molecule has 5 heteroatoms. The SMILES string of the molecule is COC(=O)c1cnc(N2CCC3(CCCCC3)CC2)s1. The molecule has 20 heavy (non-hydrogen) atoms. The van der Waals surface area contributed by atoms with Gasteiger partial charge >= 0.3 is 5.97 Å². The van der Waals surface area contributed by atoms with Gasteiger partial charge in [-0.2, -0.15) is 0 Å². The highest BCUT2D eigenvalue weighted by molar-refractivity contribution is 7.17. The standard InChI is InChI=1S/C15H22N2O2S/c1-19-13(18)12-11-16-14(20-12)17-9-7-15(8-10-17)5-3-2-4-6-15/h11H,2-10H2,1H3. The van der Waals surface area contributed by atoms with E-state index in [9.17, 15) is 4.79 Å². The summed E-state index contributed by atoms with van der Waals surface area (Å²) in [5.74, 6) is -0.283. The van der Waals surface area contributed by atoms with E-state index in [4.69, 9.17) is 4.74 Å². The molecule has 0 atom stereocenters. The third kappa shape index (κ3) is 2.68. The molecule has 1 aliphatic carbocycles. The first-order chi connectivity index (χ1) is 9.72. The maximum absolute atomic E-state index is 11.5. The van der Waals surface area contributed by atoms with Crippen molar-refractivity contribution in [2.75, 3.05) is 25.1 Å². The lowest BCUT2D eigenvalue weighted by Crippen LogP contribution is -2.41. The van der Waals surface area contributed by atoms with Gasteiger partial charge in [-0.15, -0.1) is 0 Å². The summed E-state index contributed by atoms with van der Waals surface area (Å²) in [5.41, 5.74) is 0.608. The van der Waals surface area contributed by atoms with Crippen molar-refractivity contribution in [1.82, 2.24) is 4.98 Å². The fraction of sp³-hybridized carbons (Fsp3) is 0.733. The van der Waals surface area contributed by atoms with Crippen LogP contribution in [0.15, 0.2) is 6.20 Å². The Morgan fingerprint density at radius 1 is 1.25 bits per heavy atom. The first-order valence-corrected chi connectivity index (χ1v) is 8.33. The van der Waals surface area contributed by atoms with Crippen molar-refractivity contribution in [3.8, 4) is 0 Å². The quantitative estimate of drug-likeness (QED) is 0.783. The average molecular weight is 294 g/mol. The summed E-state index contributed by atoms with van der Waals surface area (Å²) in [7, 11) is 1.41. The minimum absolute atomic E-state index is 0.283. The maximum atomic E-state index is 11.5. The third-order valence-corrected chi connectivity index (χ3v) is 5.93. The van der Waals surface area contributed by atoms with Gasteiger partial charge in [0.1, 0.15) is 4.88 Å². The van der Waals surface area contributed by atoms with Crippen LogP contribution in [-0.2, 0) is 4.74 Å². The van der Waals surface area contributed by atoms with Crippen molar-refractivity contribution in [2.24, 2.45) is 5.41 Å². The molecule has 2 fully saturated rings. The van der Waals surface area contributed by atoms with Gasteiger partial charge in [-0.05, 0) is 31.1 Å². The molecule has 0 aromatic carbocycles. The smallest absolute Gasteiger partial charge is 0.349 e. The summed E-state index contributed by atoms with van der Waals surface area (Å²) in [6.45, 7) is 2.16. The number of hydrogen-bond donors (Lipinski definition) is 0. The summed E-state index contributed by atoms with van der Waals surface area (Å²) in [6.07, 6.45) is 11.2. The van der Waals surface area contributed by atoms with Gasteiger partial charge in [0.15, 0.2) is 5.13 Å². The molecule has 4 nitrogen and oxygen atoms in total. The number of carbonyl (C=O) groups is 1. The number of methoxy groups -OCH3 is 1. The highest BCUT2D eigenvalue weighted by Crippen LogP contribution is 2.45. The van der Waals surface area contributed by atoms with Gasteiger partial charge < -0.3 is 9.64 Å². The molecule has 0 bridgehead atoms. The summed E-state index contributed by atoms with van der Waals surface area (Å²) in [6, 6.07) is 0. The molecule has 0 N–H and O–H groups in total. The van der Waals surface area contributed by atoms with Gasteiger partial charge in [-0.3, -0.25) is 0 Å². The Morgan fingerprint density at radius 2 is 1.95 bits per heavy atom. The van der Waals surface area contributed by atoms with Crippen molar-refractivity contribution in [3.63, 3.8) is 0 Å². The number of nitrogens with zero attached hydrogens (tertiary/aromatic N) is 2. The Hall–Kier alpha value is -1.10. The molecule has 1 saturated carbocycles. The van der Waals surface area contributed by atoms with Gasteiger partial charge in [0.05, 0.1) is 13.3 Å². The molecule has 1 saturated heterocycles. The molecule has 1 aliphatic heterocycles. The Bertz CT molecular complexity index is 470. The molecule has 2 aliphatic rings. The van der Waals surface area contributed by atoms with Crippen molar-refractivity contribution >= 4 is 22.4 Å². The number of piperidine rings is 1. The summed E-state index contributed by atoms with van der Waals surface area (Å²) >= 11 is 1.45.